The number of hydrogen-bond acceptors (Lipinski definition) is 2. The van der Waals surface area contributed by atoms with Gasteiger partial charge in [0, 0.05) is 12.1 Å². The molecule has 1 aliphatic rings. The quantitative estimate of drug-likeness (QED) is 0.836. The zero-order chi connectivity index (χ0) is 13.0. The maximum atomic E-state index is 10.7. The smallest absolute Gasteiger partial charge is 0.108 e. The molecule has 0 heterocycles. The molecule has 2 rings (SSSR count). The van der Waals surface area contributed by atoms with Crippen LogP contribution in [0.5, 0.6) is 0 Å². The number of aliphatic hydroxyl groups is 1. The molecule has 1 unspecified atom stereocenters. The summed E-state index contributed by atoms with van der Waals surface area (Å²) in [5.74, 6) is 0. The van der Waals surface area contributed by atoms with Gasteiger partial charge in [-0.2, -0.15) is 0 Å². The second-order valence-corrected chi connectivity index (χ2v) is 5.58. The van der Waals surface area contributed by atoms with Crippen LogP contribution >= 0.6 is 11.6 Å². The second kappa shape index (κ2) is 6.05. The van der Waals surface area contributed by atoms with Crippen LogP contribution in [0.4, 0.5) is 0 Å². The number of rotatable bonds is 3. The first-order chi connectivity index (χ1) is 8.68. The average Bonchev–Trinajstić information content (AvgIpc) is 2.64. The molecule has 3 heteroatoms. The molecule has 0 saturated heterocycles. The lowest BCUT2D eigenvalue weighted by atomic mass is 9.84. The number of benzene rings is 1. The van der Waals surface area contributed by atoms with Gasteiger partial charge in [0.15, 0.2) is 0 Å². The Balaban J connectivity index is 2.25. The van der Waals surface area contributed by atoms with Gasteiger partial charge < -0.3 is 9.84 Å². The van der Waals surface area contributed by atoms with Gasteiger partial charge >= 0.3 is 0 Å². The normalized spacial score (nSPS) is 21.3. The Hall–Kier alpha value is -0.570. The Kier molecular flexibility index (Phi) is 4.66. The van der Waals surface area contributed by atoms with E-state index < -0.39 is 11.7 Å². The molecule has 1 aromatic rings. The lowest BCUT2D eigenvalue weighted by molar-refractivity contribution is -0.114. The minimum absolute atomic E-state index is 0.443. The standard InChI is InChI=1S/C15H21ClO2/c1-18-15(9-4-2-3-5-10-15)14(17)12-7-6-8-13(16)11-12/h6-8,11,14,17H,2-5,9-10H2,1H3. The van der Waals surface area contributed by atoms with E-state index in [1.807, 2.05) is 24.3 Å². The Morgan fingerprint density at radius 3 is 2.44 bits per heavy atom. The highest BCUT2D eigenvalue weighted by molar-refractivity contribution is 6.30. The third-order valence-corrected chi connectivity index (χ3v) is 4.25. The summed E-state index contributed by atoms with van der Waals surface area (Å²) in [6.45, 7) is 0. The maximum Gasteiger partial charge on any atom is 0.108 e. The van der Waals surface area contributed by atoms with E-state index in [1.54, 1.807) is 7.11 Å². The number of hydrogen-bond donors (Lipinski definition) is 1. The molecule has 0 bridgehead atoms. The monoisotopic (exact) mass is 268 g/mol. The minimum atomic E-state index is -0.598. The summed E-state index contributed by atoms with van der Waals surface area (Å²) >= 11 is 6.00. The Labute approximate surface area is 114 Å². The Bertz CT molecular complexity index is 384. The van der Waals surface area contributed by atoms with E-state index in [2.05, 4.69) is 0 Å². The molecule has 0 aromatic heterocycles. The molecular weight excluding hydrogens is 248 g/mol. The van der Waals surface area contributed by atoms with Crippen LogP contribution in [0.2, 0.25) is 5.02 Å². The molecule has 1 fully saturated rings. The summed E-state index contributed by atoms with van der Waals surface area (Å²) in [6.07, 6.45) is 5.92. The zero-order valence-corrected chi connectivity index (χ0v) is 11.6. The van der Waals surface area contributed by atoms with Gasteiger partial charge in [-0.05, 0) is 30.5 Å². The predicted molar refractivity (Wildman–Crippen MR) is 73.9 cm³/mol. The maximum absolute atomic E-state index is 10.7. The number of aliphatic hydroxyl groups excluding tert-OH is 1. The third kappa shape index (κ3) is 2.87. The number of ether oxygens (including phenoxy) is 1. The Morgan fingerprint density at radius 1 is 1.22 bits per heavy atom. The van der Waals surface area contributed by atoms with Crippen LogP contribution < -0.4 is 0 Å². The summed E-state index contributed by atoms with van der Waals surface area (Å²) in [5.41, 5.74) is 0.410. The largest absolute Gasteiger partial charge is 0.385 e. The van der Waals surface area contributed by atoms with Gasteiger partial charge in [0.1, 0.15) is 6.10 Å². The van der Waals surface area contributed by atoms with Gasteiger partial charge in [-0.1, -0.05) is 49.4 Å². The summed E-state index contributed by atoms with van der Waals surface area (Å²) in [7, 11) is 1.71. The summed E-state index contributed by atoms with van der Waals surface area (Å²) in [4.78, 5) is 0. The Morgan fingerprint density at radius 2 is 1.89 bits per heavy atom. The highest BCUT2D eigenvalue weighted by Crippen LogP contribution is 2.40. The van der Waals surface area contributed by atoms with Crippen LogP contribution in [-0.4, -0.2) is 17.8 Å². The van der Waals surface area contributed by atoms with Crippen molar-refractivity contribution in [3.05, 3.63) is 34.9 Å². The minimum Gasteiger partial charge on any atom is -0.385 e. The predicted octanol–water partition coefficient (Wildman–Crippen LogP) is 4.11. The van der Waals surface area contributed by atoms with Crippen molar-refractivity contribution in [3.63, 3.8) is 0 Å². The summed E-state index contributed by atoms with van der Waals surface area (Å²) in [6, 6.07) is 7.45. The second-order valence-electron chi connectivity index (χ2n) is 5.14. The molecule has 2 nitrogen and oxygen atoms in total. The van der Waals surface area contributed by atoms with Gasteiger partial charge in [0.25, 0.3) is 0 Å². The number of methoxy groups -OCH3 is 1. The van der Waals surface area contributed by atoms with Gasteiger partial charge in [0.05, 0.1) is 5.60 Å². The van der Waals surface area contributed by atoms with Crippen molar-refractivity contribution in [2.45, 2.75) is 50.2 Å². The molecule has 1 saturated carbocycles. The van der Waals surface area contributed by atoms with Crippen molar-refractivity contribution >= 4 is 11.6 Å². The van der Waals surface area contributed by atoms with Crippen molar-refractivity contribution in [1.29, 1.82) is 0 Å². The van der Waals surface area contributed by atoms with Crippen molar-refractivity contribution in [2.24, 2.45) is 0 Å². The molecule has 1 aliphatic carbocycles. The lowest BCUT2D eigenvalue weighted by Gasteiger charge is -2.36. The average molecular weight is 269 g/mol. The SMILES string of the molecule is COC1(C(O)c2cccc(Cl)c2)CCCCCC1. The van der Waals surface area contributed by atoms with Crippen molar-refractivity contribution in [3.8, 4) is 0 Å². The van der Waals surface area contributed by atoms with Crippen molar-refractivity contribution in [1.82, 2.24) is 0 Å². The first-order valence-corrected chi connectivity index (χ1v) is 7.04. The van der Waals surface area contributed by atoms with E-state index in [1.165, 1.54) is 12.8 Å². The van der Waals surface area contributed by atoms with E-state index in [-0.39, 0.29) is 0 Å². The fourth-order valence-electron chi connectivity index (χ4n) is 2.90. The highest BCUT2D eigenvalue weighted by Gasteiger charge is 2.39. The van der Waals surface area contributed by atoms with E-state index in [4.69, 9.17) is 16.3 Å². The fourth-order valence-corrected chi connectivity index (χ4v) is 3.10. The molecule has 1 aromatic carbocycles. The van der Waals surface area contributed by atoms with Gasteiger partial charge in [-0.15, -0.1) is 0 Å². The van der Waals surface area contributed by atoms with Gasteiger partial charge in [0.2, 0.25) is 0 Å². The molecule has 0 amide bonds. The molecule has 0 spiro atoms. The van der Waals surface area contributed by atoms with Gasteiger partial charge in [-0.25, -0.2) is 0 Å². The van der Waals surface area contributed by atoms with Gasteiger partial charge in [-0.3, -0.25) is 0 Å². The fraction of sp³-hybridized carbons (Fsp3) is 0.600. The first kappa shape index (κ1) is 13.9. The van der Waals surface area contributed by atoms with E-state index in [9.17, 15) is 5.11 Å². The molecule has 18 heavy (non-hydrogen) atoms. The van der Waals surface area contributed by atoms with Crippen LogP contribution in [0.25, 0.3) is 0 Å². The summed E-state index contributed by atoms with van der Waals surface area (Å²) < 4.78 is 5.72. The topological polar surface area (TPSA) is 29.5 Å². The molecular formula is C15H21ClO2. The van der Waals surface area contributed by atoms with Crippen LogP contribution in [0.15, 0.2) is 24.3 Å². The molecule has 1 N–H and O–H groups in total. The summed E-state index contributed by atoms with van der Waals surface area (Å²) in [5, 5.41) is 11.3. The molecule has 0 aliphatic heterocycles. The van der Waals surface area contributed by atoms with Crippen LogP contribution in [-0.2, 0) is 4.74 Å². The van der Waals surface area contributed by atoms with Crippen molar-refractivity contribution in [2.75, 3.05) is 7.11 Å². The number of halogens is 1. The molecule has 1 atom stereocenters. The lowest BCUT2D eigenvalue weighted by Crippen LogP contribution is -2.38. The van der Waals surface area contributed by atoms with Crippen LogP contribution in [0, 0.1) is 0 Å². The molecule has 0 radical (unpaired) electrons. The van der Waals surface area contributed by atoms with Crippen molar-refractivity contribution < 1.29 is 9.84 Å². The van der Waals surface area contributed by atoms with Crippen LogP contribution in [0.1, 0.15) is 50.2 Å². The van der Waals surface area contributed by atoms with E-state index >= 15 is 0 Å². The molecule has 100 valence electrons. The zero-order valence-electron chi connectivity index (χ0n) is 10.9. The highest BCUT2D eigenvalue weighted by atomic mass is 35.5. The van der Waals surface area contributed by atoms with E-state index in [0.717, 1.165) is 31.2 Å². The van der Waals surface area contributed by atoms with E-state index in [0.29, 0.717) is 5.02 Å². The third-order valence-electron chi connectivity index (χ3n) is 4.02. The first-order valence-electron chi connectivity index (χ1n) is 6.67. The van der Waals surface area contributed by atoms with Crippen LogP contribution in [0.3, 0.4) is 0 Å².